The van der Waals surface area contributed by atoms with Crippen LogP contribution in [0, 0.1) is 13.8 Å². The van der Waals surface area contributed by atoms with Crippen LogP contribution >= 0.6 is 0 Å². The minimum absolute atomic E-state index is 0.757. The molecule has 16 heavy (non-hydrogen) atoms. The maximum atomic E-state index is 5.35. The van der Waals surface area contributed by atoms with Gasteiger partial charge in [0.1, 0.15) is 5.76 Å². The number of nitrogens with zero attached hydrogens (tertiary/aromatic N) is 2. The summed E-state index contributed by atoms with van der Waals surface area (Å²) >= 11 is 0. The lowest BCUT2D eigenvalue weighted by Gasteiger charge is -2.02. The molecule has 4 heteroatoms. The zero-order valence-corrected chi connectivity index (χ0v) is 9.95. The van der Waals surface area contributed by atoms with Crippen molar-refractivity contribution in [3.05, 3.63) is 41.1 Å². The molecule has 2 rings (SSSR count). The van der Waals surface area contributed by atoms with Crippen LogP contribution in [-0.2, 0) is 20.1 Å². The monoisotopic (exact) mass is 219 g/mol. The number of nitrogens with one attached hydrogen (secondary N) is 1. The summed E-state index contributed by atoms with van der Waals surface area (Å²) in [7, 11) is 1.94. The minimum Gasteiger partial charge on any atom is -0.468 e. The molecule has 86 valence electrons. The second kappa shape index (κ2) is 4.53. The summed E-state index contributed by atoms with van der Waals surface area (Å²) in [5.74, 6) is 1.00. The van der Waals surface area contributed by atoms with Gasteiger partial charge in [0.2, 0.25) is 0 Å². The summed E-state index contributed by atoms with van der Waals surface area (Å²) in [4.78, 5) is 0. The molecule has 0 spiro atoms. The average molecular weight is 219 g/mol. The van der Waals surface area contributed by atoms with Crippen molar-refractivity contribution in [3.63, 3.8) is 0 Å². The van der Waals surface area contributed by atoms with Crippen molar-refractivity contribution in [2.24, 2.45) is 7.05 Å². The van der Waals surface area contributed by atoms with Crippen molar-refractivity contribution >= 4 is 0 Å². The Labute approximate surface area is 95.3 Å². The molecule has 0 amide bonds. The van der Waals surface area contributed by atoms with E-state index in [9.17, 15) is 0 Å². The van der Waals surface area contributed by atoms with E-state index in [0.717, 1.165) is 24.5 Å². The fourth-order valence-corrected chi connectivity index (χ4v) is 1.72. The predicted octanol–water partition coefficient (Wildman–Crippen LogP) is 1.92. The van der Waals surface area contributed by atoms with Crippen LogP contribution in [0.5, 0.6) is 0 Å². The summed E-state index contributed by atoms with van der Waals surface area (Å²) in [5, 5.41) is 7.65. The summed E-state index contributed by atoms with van der Waals surface area (Å²) in [5.41, 5.74) is 3.49. The number of hydrogen-bond acceptors (Lipinski definition) is 3. The first kappa shape index (κ1) is 11.0. The van der Waals surface area contributed by atoms with Gasteiger partial charge >= 0.3 is 0 Å². The van der Waals surface area contributed by atoms with Gasteiger partial charge in [0.05, 0.1) is 18.5 Å². The smallest absolute Gasteiger partial charge is 0.120 e. The Balaban J connectivity index is 1.89. The first-order valence-corrected chi connectivity index (χ1v) is 5.39. The molecule has 1 N–H and O–H groups in total. The fraction of sp³-hybridized carbons (Fsp3) is 0.417. The molecular formula is C12H17N3O. The molecule has 2 aromatic rings. The molecule has 2 aromatic heterocycles. The van der Waals surface area contributed by atoms with Gasteiger partial charge in [-0.15, -0.1) is 0 Å². The Bertz CT molecular complexity index is 470. The fourth-order valence-electron chi connectivity index (χ4n) is 1.72. The SMILES string of the molecule is Cc1ccoc1CNCc1cn(C)nc1C. The van der Waals surface area contributed by atoms with Crippen molar-refractivity contribution in [1.29, 1.82) is 0 Å². The van der Waals surface area contributed by atoms with E-state index in [0.29, 0.717) is 0 Å². The third-order valence-corrected chi connectivity index (χ3v) is 2.68. The van der Waals surface area contributed by atoms with Gasteiger partial charge in [-0.2, -0.15) is 5.10 Å². The first-order valence-electron chi connectivity index (χ1n) is 5.39. The molecular weight excluding hydrogens is 202 g/mol. The van der Waals surface area contributed by atoms with Crippen molar-refractivity contribution in [1.82, 2.24) is 15.1 Å². The van der Waals surface area contributed by atoms with Gasteiger partial charge in [0, 0.05) is 25.4 Å². The molecule has 0 radical (unpaired) electrons. The summed E-state index contributed by atoms with van der Waals surface area (Å²) in [6.07, 6.45) is 3.76. The highest BCUT2D eigenvalue weighted by Gasteiger charge is 2.04. The van der Waals surface area contributed by atoms with Gasteiger partial charge in [-0.25, -0.2) is 0 Å². The molecule has 0 saturated carbocycles. The van der Waals surface area contributed by atoms with Crippen molar-refractivity contribution in [3.8, 4) is 0 Å². The third kappa shape index (κ3) is 2.33. The van der Waals surface area contributed by atoms with Crippen LogP contribution in [-0.4, -0.2) is 9.78 Å². The second-order valence-electron chi connectivity index (χ2n) is 4.04. The van der Waals surface area contributed by atoms with E-state index in [1.54, 1.807) is 6.26 Å². The number of rotatable bonds is 4. The van der Waals surface area contributed by atoms with E-state index in [2.05, 4.69) is 17.3 Å². The highest BCUT2D eigenvalue weighted by molar-refractivity contribution is 5.16. The summed E-state index contributed by atoms with van der Waals surface area (Å²) in [6.45, 7) is 5.65. The van der Waals surface area contributed by atoms with E-state index in [1.165, 1.54) is 11.1 Å². The zero-order chi connectivity index (χ0) is 11.5. The lowest BCUT2D eigenvalue weighted by Crippen LogP contribution is -2.13. The molecule has 0 unspecified atom stereocenters. The van der Waals surface area contributed by atoms with Gasteiger partial charge in [-0.3, -0.25) is 4.68 Å². The lowest BCUT2D eigenvalue weighted by molar-refractivity contribution is 0.480. The van der Waals surface area contributed by atoms with Gasteiger partial charge in [-0.1, -0.05) is 0 Å². The summed E-state index contributed by atoms with van der Waals surface area (Å²) < 4.78 is 7.19. The van der Waals surface area contributed by atoms with Crippen LogP contribution in [0.4, 0.5) is 0 Å². The van der Waals surface area contributed by atoms with Crippen LogP contribution in [0.2, 0.25) is 0 Å². The van der Waals surface area contributed by atoms with Crippen LogP contribution in [0.25, 0.3) is 0 Å². The molecule has 0 atom stereocenters. The highest BCUT2D eigenvalue weighted by Crippen LogP contribution is 2.09. The summed E-state index contributed by atoms with van der Waals surface area (Å²) in [6, 6.07) is 1.98. The van der Waals surface area contributed by atoms with Crippen LogP contribution in [0.15, 0.2) is 22.9 Å². The Hall–Kier alpha value is -1.55. The average Bonchev–Trinajstić information content (AvgIpc) is 2.75. The van der Waals surface area contributed by atoms with Crippen molar-refractivity contribution < 1.29 is 4.42 Å². The van der Waals surface area contributed by atoms with Crippen molar-refractivity contribution in [2.75, 3.05) is 0 Å². The quantitative estimate of drug-likeness (QED) is 0.854. The molecule has 0 saturated heterocycles. The van der Waals surface area contributed by atoms with E-state index < -0.39 is 0 Å². The number of aromatic nitrogens is 2. The standard InChI is InChI=1S/C12H17N3O/c1-9-4-5-16-12(9)7-13-6-11-8-15(3)14-10(11)2/h4-5,8,13H,6-7H2,1-3H3. The van der Waals surface area contributed by atoms with Crippen LogP contribution < -0.4 is 5.32 Å². The van der Waals surface area contributed by atoms with Crippen molar-refractivity contribution in [2.45, 2.75) is 26.9 Å². The maximum absolute atomic E-state index is 5.35. The lowest BCUT2D eigenvalue weighted by atomic mass is 10.2. The van der Waals surface area contributed by atoms with E-state index in [-0.39, 0.29) is 0 Å². The Morgan fingerprint density at radius 1 is 1.38 bits per heavy atom. The molecule has 0 aliphatic heterocycles. The molecule has 4 nitrogen and oxygen atoms in total. The Morgan fingerprint density at radius 3 is 2.75 bits per heavy atom. The zero-order valence-electron chi connectivity index (χ0n) is 9.95. The highest BCUT2D eigenvalue weighted by atomic mass is 16.3. The molecule has 2 heterocycles. The van der Waals surface area contributed by atoms with Crippen LogP contribution in [0.3, 0.4) is 0 Å². The topological polar surface area (TPSA) is 43.0 Å². The number of hydrogen-bond donors (Lipinski definition) is 1. The first-order chi connectivity index (χ1) is 7.66. The second-order valence-corrected chi connectivity index (χ2v) is 4.04. The molecule has 0 bridgehead atoms. The normalized spacial score (nSPS) is 10.9. The van der Waals surface area contributed by atoms with E-state index >= 15 is 0 Å². The minimum atomic E-state index is 0.757. The predicted molar refractivity (Wildman–Crippen MR) is 61.9 cm³/mol. The largest absolute Gasteiger partial charge is 0.468 e. The van der Waals surface area contributed by atoms with Gasteiger partial charge in [0.25, 0.3) is 0 Å². The number of furan rings is 1. The van der Waals surface area contributed by atoms with E-state index in [1.807, 2.05) is 30.9 Å². The van der Waals surface area contributed by atoms with Crippen LogP contribution in [0.1, 0.15) is 22.6 Å². The Morgan fingerprint density at radius 2 is 2.19 bits per heavy atom. The molecule has 0 aromatic carbocycles. The van der Waals surface area contributed by atoms with Gasteiger partial charge in [0.15, 0.2) is 0 Å². The number of aryl methyl sites for hydroxylation is 3. The maximum Gasteiger partial charge on any atom is 0.120 e. The Kier molecular flexibility index (Phi) is 3.10. The third-order valence-electron chi connectivity index (χ3n) is 2.68. The molecule has 0 aliphatic rings. The van der Waals surface area contributed by atoms with Gasteiger partial charge in [-0.05, 0) is 25.5 Å². The van der Waals surface area contributed by atoms with Gasteiger partial charge < -0.3 is 9.73 Å². The van der Waals surface area contributed by atoms with E-state index in [4.69, 9.17) is 4.42 Å². The molecule has 0 aliphatic carbocycles. The molecule has 0 fully saturated rings.